The van der Waals surface area contributed by atoms with Crippen molar-refractivity contribution in [1.29, 1.82) is 21.0 Å². The molecular formula is C9H3N4. The average Bonchev–Trinajstić information content (AvgIpc) is 2.19. The third-order valence-electron chi connectivity index (χ3n) is 1.05. The Kier molecular flexibility index (Phi) is 4.95. The summed E-state index contributed by atoms with van der Waals surface area (Å²) in [6.07, 6.45) is 3.85. The molecular weight excluding hydrogens is 164 g/mol. The van der Waals surface area contributed by atoms with Crippen molar-refractivity contribution in [3.8, 4) is 24.3 Å². The Morgan fingerprint density at radius 2 is 1.46 bits per heavy atom. The third-order valence-corrected chi connectivity index (χ3v) is 1.05. The van der Waals surface area contributed by atoms with E-state index in [1.807, 2.05) is 0 Å². The predicted octanol–water partition coefficient (Wildman–Crippen LogP) is 1.13. The summed E-state index contributed by atoms with van der Waals surface area (Å²) in [7, 11) is 0. The van der Waals surface area contributed by atoms with Crippen molar-refractivity contribution < 1.29 is 0 Å². The Labute approximate surface area is 75.8 Å². The molecule has 0 fully saturated rings. The van der Waals surface area contributed by atoms with Crippen LogP contribution in [-0.2, 0) is 0 Å². The number of nitrogens with zero attached hydrogens (tertiary/aromatic N) is 4. The third kappa shape index (κ3) is 3.99. The predicted molar refractivity (Wildman–Crippen MR) is 41.9 cm³/mol. The summed E-state index contributed by atoms with van der Waals surface area (Å²) in [5.74, 6) is 0. The second-order valence-corrected chi connectivity index (χ2v) is 1.82. The van der Waals surface area contributed by atoms with Gasteiger partial charge in [0.2, 0.25) is 0 Å². The molecule has 0 atom stereocenters. The van der Waals surface area contributed by atoms with E-state index >= 15 is 0 Å². The molecule has 59 valence electrons. The zero-order valence-corrected chi connectivity index (χ0v) is 6.57. The maximum atomic E-state index is 8.30. The molecule has 0 aromatic rings. The van der Waals surface area contributed by atoms with Gasteiger partial charge in [0.05, 0.1) is 0 Å². The molecule has 0 saturated carbocycles. The van der Waals surface area contributed by atoms with Gasteiger partial charge in [-0.25, -0.2) is 0 Å². The summed E-state index contributed by atoms with van der Waals surface area (Å²) in [6, 6.07) is 6.51. The molecule has 0 heterocycles. The molecule has 4 heteroatoms. The van der Waals surface area contributed by atoms with Crippen LogP contribution in [0, 0.1) is 51.4 Å². The first kappa shape index (κ1) is 10.4. The normalized spacial score (nSPS) is 6.46. The highest BCUT2D eigenvalue weighted by atomic mass is 14.3. The summed E-state index contributed by atoms with van der Waals surface area (Å²) in [5.41, 5.74) is -0.200. The smallest absolute Gasteiger partial charge is 0.133 e. The van der Waals surface area contributed by atoms with Gasteiger partial charge in [0.15, 0.2) is 0 Å². The number of hydrogen-bond acceptors (Lipinski definition) is 4. The first-order chi connectivity index (χ1) is 6.28. The largest absolute Gasteiger partial charge is 0.192 e. The summed E-state index contributed by atoms with van der Waals surface area (Å²) < 4.78 is 0. The molecule has 0 aliphatic rings. The Balaban J connectivity index is 4.41. The average molecular weight is 167 g/mol. The summed E-state index contributed by atoms with van der Waals surface area (Å²) >= 11 is 0. The van der Waals surface area contributed by atoms with Gasteiger partial charge < -0.3 is 0 Å². The van der Waals surface area contributed by atoms with E-state index < -0.39 is 0 Å². The van der Waals surface area contributed by atoms with Gasteiger partial charge in [-0.15, -0.1) is 0 Å². The minimum atomic E-state index is -0.147. The van der Waals surface area contributed by atoms with Crippen molar-refractivity contribution >= 4 is 0 Å². The van der Waals surface area contributed by atoms with Crippen molar-refractivity contribution in [2.45, 2.75) is 6.42 Å². The van der Waals surface area contributed by atoms with Crippen LogP contribution in [0.3, 0.4) is 0 Å². The molecule has 0 unspecified atom stereocenters. The maximum absolute atomic E-state index is 8.30. The van der Waals surface area contributed by atoms with Gasteiger partial charge in [0.1, 0.15) is 35.4 Å². The van der Waals surface area contributed by atoms with E-state index in [2.05, 4.69) is 6.08 Å². The SMILES string of the molecule is N#CC(=[C]CC=C(C#N)C#N)C#N. The van der Waals surface area contributed by atoms with Crippen LogP contribution in [0.25, 0.3) is 0 Å². The molecule has 0 amide bonds. The van der Waals surface area contributed by atoms with E-state index in [9.17, 15) is 0 Å². The van der Waals surface area contributed by atoms with Crippen molar-refractivity contribution in [3.63, 3.8) is 0 Å². The zero-order valence-electron chi connectivity index (χ0n) is 6.57. The van der Waals surface area contributed by atoms with Crippen molar-refractivity contribution in [2.75, 3.05) is 0 Å². The fraction of sp³-hybridized carbons (Fsp3) is 0.111. The minimum absolute atomic E-state index is 0.0530. The van der Waals surface area contributed by atoms with Crippen LogP contribution >= 0.6 is 0 Å². The molecule has 0 saturated heterocycles. The number of nitriles is 4. The Morgan fingerprint density at radius 3 is 1.85 bits per heavy atom. The number of allylic oxidation sites excluding steroid dienone is 4. The first-order valence-electron chi connectivity index (χ1n) is 3.19. The van der Waals surface area contributed by atoms with E-state index in [-0.39, 0.29) is 17.6 Å². The summed E-state index contributed by atoms with van der Waals surface area (Å²) in [5, 5.41) is 33.2. The van der Waals surface area contributed by atoms with Gasteiger partial charge in [-0.3, -0.25) is 0 Å². The Bertz CT molecular complexity index is 329. The molecule has 4 nitrogen and oxygen atoms in total. The van der Waals surface area contributed by atoms with E-state index in [4.69, 9.17) is 21.0 Å². The lowest BCUT2D eigenvalue weighted by Gasteiger charge is -1.80. The molecule has 0 spiro atoms. The standard InChI is InChI=1S/C9H3N4/c10-4-8(5-11)2-1-3-9(6-12)7-13/h2H,1H2. The quantitative estimate of drug-likeness (QED) is 0.576. The van der Waals surface area contributed by atoms with Crippen molar-refractivity contribution in [2.24, 2.45) is 0 Å². The Morgan fingerprint density at radius 1 is 0.923 bits per heavy atom. The van der Waals surface area contributed by atoms with Gasteiger partial charge in [-0.05, 0) is 12.5 Å². The number of hydrogen-bond donors (Lipinski definition) is 0. The lowest BCUT2D eigenvalue weighted by atomic mass is 10.2. The highest BCUT2D eigenvalue weighted by Crippen LogP contribution is 1.96. The lowest BCUT2D eigenvalue weighted by molar-refractivity contribution is 1.29. The first-order valence-corrected chi connectivity index (χ1v) is 3.19. The van der Waals surface area contributed by atoms with Gasteiger partial charge >= 0.3 is 0 Å². The monoisotopic (exact) mass is 167 g/mol. The van der Waals surface area contributed by atoms with Gasteiger partial charge in [-0.2, -0.15) is 21.0 Å². The van der Waals surface area contributed by atoms with E-state index in [1.165, 1.54) is 6.08 Å². The fourth-order valence-corrected chi connectivity index (χ4v) is 0.475. The highest BCUT2D eigenvalue weighted by Gasteiger charge is 1.92. The van der Waals surface area contributed by atoms with E-state index in [0.717, 1.165) is 0 Å². The van der Waals surface area contributed by atoms with Crippen molar-refractivity contribution in [1.82, 2.24) is 0 Å². The molecule has 0 N–H and O–H groups in total. The van der Waals surface area contributed by atoms with Crippen LogP contribution in [0.4, 0.5) is 0 Å². The fourth-order valence-electron chi connectivity index (χ4n) is 0.475. The van der Waals surface area contributed by atoms with Gasteiger partial charge in [0, 0.05) is 0 Å². The van der Waals surface area contributed by atoms with Crippen LogP contribution in [0.15, 0.2) is 17.2 Å². The van der Waals surface area contributed by atoms with Crippen molar-refractivity contribution in [3.05, 3.63) is 23.3 Å². The molecule has 0 aromatic heterocycles. The molecule has 0 aliphatic heterocycles. The number of rotatable bonds is 2. The maximum Gasteiger partial charge on any atom is 0.133 e. The summed E-state index contributed by atoms with van der Waals surface area (Å²) in [6.45, 7) is 0. The molecule has 1 radical (unpaired) electrons. The topological polar surface area (TPSA) is 95.2 Å². The molecule has 0 aliphatic carbocycles. The minimum Gasteiger partial charge on any atom is -0.192 e. The molecule has 0 bridgehead atoms. The second kappa shape index (κ2) is 6.17. The van der Waals surface area contributed by atoms with Crippen LogP contribution in [0.2, 0.25) is 0 Å². The summed E-state index contributed by atoms with van der Waals surface area (Å²) in [4.78, 5) is 0. The molecule has 0 aromatic carbocycles. The van der Waals surface area contributed by atoms with Gasteiger partial charge in [0.25, 0.3) is 0 Å². The zero-order chi connectivity index (χ0) is 10.1. The second-order valence-electron chi connectivity index (χ2n) is 1.82. The van der Waals surface area contributed by atoms with Crippen LogP contribution < -0.4 is 0 Å². The Hall–Kier alpha value is -2.56. The molecule has 13 heavy (non-hydrogen) atoms. The van der Waals surface area contributed by atoms with E-state index in [1.54, 1.807) is 24.3 Å². The van der Waals surface area contributed by atoms with Crippen LogP contribution in [0.1, 0.15) is 6.42 Å². The van der Waals surface area contributed by atoms with Crippen LogP contribution in [0.5, 0.6) is 0 Å². The molecule has 0 rings (SSSR count). The highest BCUT2D eigenvalue weighted by molar-refractivity contribution is 5.37. The lowest BCUT2D eigenvalue weighted by Crippen LogP contribution is -1.75. The van der Waals surface area contributed by atoms with Gasteiger partial charge in [-0.1, -0.05) is 6.08 Å². The van der Waals surface area contributed by atoms with E-state index in [0.29, 0.717) is 0 Å². The van der Waals surface area contributed by atoms with Crippen LogP contribution in [-0.4, -0.2) is 0 Å².